The fourth-order valence-electron chi connectivity index (χ4n) is 5.45. The quantitative estimate of drug-likeness (QED) is 0.508. The molecule has 2 atom stereocenters. The normalized spacial score (nSPS) is 25.6. The van der Waals surface area contributed by atoms with E-state index in [4.69, 9.17) is 20.3 Å². The molecule has 1 aliphatic carbocycles. The fourth-order valence-corrected chi connectivity index (χ4v) is 5.45. The number of Topliss-reactive ketones (excluding diaryl/α,β-unsaturated/α-hetero) is 1. The molecule has 0 spiro atoms. The number of hydrogen-bond acceptors (Lipinski definition) is 1. The molecule has 5 nitrogen and oxygen atoms in total. The van der Waals surface area contributed by atoms with Gasteiger partial charge in [-0.15, -0.1) is 33.5 Å². The first kappa shape index (κ1) is 23.8. The number of ketones is 1. The number of hydrogen-bond donors (Lipinski definition) is 0. The monoisotopic (exact) mass is 470 g/mol. The van der Waals surface area contributed by atoms with Crippen molar-refractivity contribution in [1.29, 1.82) is 0 Å². The van der Waals surface area contributed by atoms with Gasteiger partial charge < -0.3 is 20.3 Å². The van der Waals surface area contributed by atoms with Crippen LogP contribution in [0.25, 0.3) is 35.2 Å². The van der Waals surface area contributed by atoms with Gasteiger partial charge in [0.15, 0.2) is 5.78 Å². The fraction of sp³-hybridized carbons (Fsp3) is 0.276. The van der Waals surface area contributed by atoms with E-state index in [1.54, 1.807) is 0 Å². The number of nitrogens with zero attached hydrogens (tertiary/aromatic N) is 4. The standard InChI is InChI=1S/C29H27N4O.Mg/c1-7-19-16(5)24-12-23-14(3)15(4)28(32-23)20-10-26(34)27-17(6)22(33-29(20)27)9-18-8-13(2)21(30-18)11-25(19)31-24;/h7-9,11-12,14-15H,1,10H2,2-6H3,(H-,32,33,34);/q-3;+2/p-1/b18-9-,21-11-,23-12-;/t14-,15-;/m0./s1. The van der Waals surface area contributed by atoms with Crippen LogP contribution in [0.15, 0.2) is 24.0 Å². The van der Waals surface area contributed by atoms with E-state index in [2.05, 4.69) is 46.4 Å². The van der Waals surface area contributed by atoms with Crippen molar-refractivity contribution in [2.24, 2.45) is 11.8 Å². The van der Waals surface area contributed by atoms with Gasteiger partial charge in [0.2, 0.25) is 0 Å². The SMILES string of the molecule is C=Cc1c2[n-]c(c1C)/C=C1\[N-]/C(=C3/CC(=O)c4c3[n-]c(c4C)/C=c3/cc(C)/c([n-]3)=C/2)[C@@H](C)[C@@H]1C.[Mg+2]. The number of fused-ring (bicyclic) bond motifs is 7. The van der Waals surface area contributed by atoms with Crippen molar-refractivity contribution in [2.75, 3.05) is 0 Å². The van der Waals surface area contributed by atoms with E-state index in [1.807, 2.05) is 25.2 Å². The first-order valence-corrected chi connectivity index (χ1v) is 11.8. The Morgan fingerprint density at radius 2 is 1.69 bits per heavy atom. The number of aryl methyl sites for hydroxylation is 1. The van der Waals surface area contributed by atoms with Crippen LogP contribution in [0.1, 0.15) is 75.7 Å². The van der Waals surface area contributed by atoms with Crippen molar-refractivity contribution in [2.45, 2.75) is 41.0 Å². The Kier molecular flexibility index (Phi) is 5.64. The van der Waals surface area contributed by atoms with Crippen molar-refractivity contribution >= 4 is 58.7 Å². The third-order valence-corrected chi connectivity index (χ3v) is 7.71. The van der Waals surface area contributed by atoms with E-state index in [1.165, 1.54) is 0 Å². The van der Waals surface area contributed by atoms with Crippen LogP contribution in [-0.2, 0) is 0 Å². The second kappa shape index (κ2) is 8.31. The van der Waals surface area contributed by atoms with E-state index in [-0.39, 0.29) is 40.7 Å². The van der Waals surface area contributed by atoms with E-state index >= 15 is 0 Å². The van der Waals surface area contributed by atoms with Crippen LogP contribution in [-0.4, -0.2) is 28.8 Å². The Labute approximate surface area is 221 Å². The van der Waals surface area contributed by atoms with Crippen molar-refractivity contribution in [1.82, 2.24) is 15.0 Å². The van der Waals surface area contributed by atoms with Crippen LogP contribution in [0, 0.1) is 32.6 Å². The van der Waals surface area contributed by atoms with Crippen LogP contribution in [0.3, 0.4) is 0 Å². The minimum Gasteiger partial charge on any atom is -0.664 e. The molecular formula is C29H26MgN4O-2. The summed E-state index contributed by atoms with van der Waals surface area (Å²) in [5.41, 5.74) is 11.2. The predicted molar refractivity (Wildman–Crippen MR) is 141 cm³/mol. The topological polar surface area (TPSA) is 73.5 Å². The number of carbonyl (C=O) groups is 1. The molecular weight excluding hydrogens is 445 g/mol. The van der Waals surface area contributed by atoms with Gasteiger partial charge in [-0.3, -0.25) is 4.79 Å². The maximum absolute atomic E-state index is 13.0. The van der Waals surface area contributed by atoms with Gasteiger partial charge in [0, 0.05) is 12.0 Å². The van der Waals surface area contributed by atoms with Gasteiger partial charge in [0.1, 0.15) is 0 Å². The zero-order valence-electron chi connectivity index (χ0n) is 20.9. The van der Waals surface area contributed by atoms with E-state index in [0.717, 1.165) is 78.3 Å². The van der Waals surface area contributed by atoms with E-state index in [0.29, 0.717) is 6.42 Å². The summed E-state index contributed by atoms with van der Waals surface area (Å²) in [6, 6.07) is 2.05. The van der Waals surface area contributed by atoms with Crippen molar-refractivity contribution in [3.05, 3.63) is 90.6 Å². The summed E-state index contributed by atoms with van der Waals surface area (Å²) in [5.74, 6) is 0.545. The first-order chi connectivity index (χ1) is 16.3. The average Bonchev–Trinajstić information content (AvgIpc) is 3.54. The molecule has 3 aliphatic rings. The minimum atomic E-state index is 0. The van der Waals surface area contributed by atoms with Crippen LogP contribution in [0.2, 0.25) is 0 Å². The van der Waals surface area contributed by atoms with Crippen LogP contribution in [0.4, 0.5) is 0 Å². The predicted octanol–water partition coefficient (Wildman–Crippen LogP) is 3.71. The molecule has 0 amide bonds. The summed E-state index contributed by atoms with van der Waals surface area (Å²) < 4.78 is 0. The molecule has 0 radical (unpaired) electrons. The first-order valence-electron chi connectivity index (χ1n) is 11.8. The second-order valence-electron chi connectivity index (χ2n) is 9.73. The maximum Gasteiger partial charge on any atom is 2.00 e. The Bertz CT molecular complexity index is 1600. The van der Waals surface area contributed by atoms with Gasteiger partial charge in [-0.1, -0.05) is 73.1 Å². The molecule has 0 N–H and O–H groups in total. The average molecular weight is 471 g/mol. The van der Waals surface area contributed by atoms with Crippen LogP contribution < -0.4 is 25.7 Å². The summed E-state index contributed by atoms with van der Waals surface area (Å²) in [6.45, 7) is 14.5. The summed E-state index contributed by atoms with van der Waals surface area (Å²) in [4.78, 5) is 27.8. The zero-order valence-corrected chi connectivity index (χ0v) is 22.3. The molecule has 0 saturated carbocycles. The maximum atomic E-state index is 13.0. The Morgan fingerprint density at radius 3 is 2.43 bits per heavy atom. The van der Waals surface area contributed by atoms with E-state index in [9.17, 15) is 4.79 Å². The molecule has 1 fully saturated rings. The summed E-state index contributed by atoms with van der Waals surface area (Å²) in [7, 11) is 0. The van der Waals surface area contributed by atoms with Crippen molar-refractivity contribution in [3.63, 3.8) is 0 Å². The molecule has 5 heterocycles. The molecule has 3 aromatic rings. The van der Waals surface area contributed by atoms with Gasteiger partial charge in [0.25, 0.3) is 0 Å². The number of carbonyl (C=O) groups excluding carboxylic acids is 1. The molecule has 3 aromatic heterocycles. The Balaban J connectivity index is 0.00000253. The summed E-state index contributed by atoms with van der Waals surface area (Å²) >= 11 is 0. The van der Waals surface area contributed by atoms with E-state index < -0.39 is 0 Å². The molecule has 6 heteroatoms. The molecule has 172 valence electrons. The van der Waals surface area contributed by atoms with Gasteiger partial charge in [0.05, 0.1) is 0 Å². The largest absolute Gasteiger partial charge is 2.00 e. The molecule has 1 saturated heterocycles. The Hall–Kier alpha value is -2.96. The third-order valence-electron chi connectivity index (χ3n) is 7.71. The minimum absolute atomic E-state index is 0. The molecule has 6 rings (SSSR count). The third kappa shape index (κ3) is 3.45. The molecule has 8 bridgehead atoms. The van der Waals surface area contributed by atoms with Gasteiger partial charge in [-0.05, 0) is 38.2 Å². The summed E-state index contributed by atoms with van der Waals surface area (Å²) in [5, 5.41) is 6.77. The smallest absolute Gasteiger partial charge is 0.664 e. The Morgan fingerprint density at radius 1 is 0.943 bits per heavy atom. The zero-order chi connectivity index (χ0) is 23.9. The van der Waals surface area contributed by atoms with Gasteiger partial charge in [-0.25, -0.2) is 0 Å². The van der Waals surface area contributed by atoms with Gasteiger partial charge >= 0.3 is 23.1 Å². The van der Waals surface area contributed by atoms with Crippen LogP contribution in [0.5, 0.6) is 0 Å². The van der Waals surface area contributed by atoms with Crippen molar-refractivity contribution in [3.8, 4) is 0 Å². The number of allylic oxidation sites excluding steroid dienone is 3. The molecule has 0 unspecified atom stereocenters. The van der Waals surface area contributed by atoms with Gasteiger partial charge in [-0.2, -0.15) is 11.4 Å². The molecule has 0 aromatic carbocycles. The van der Waals surface area contributed by atoms with Crippen molar-refractivity contribution < 1.29 is 4.79 Å². The second-order valence-corrected chi connectivity index (χ2v) is 9.73. The summed E-state index contributed by atoms with van der Waals surface area (Å²) in [6.07, 6.45) is 8.34. The number of rotatable bonds is 1. The number of aromatic nitrogens is 3. The molecule has 2 aliphatic heterocycles. The molecule has 35 heavy (non-hydrogen) atoms. The van der Waals surface area contributed by atoms with Crippen LogP contribution >= 0.6 is 0 Å².